The Morgan fingerprint density at radius 2 is 1.94 bits per heavy atom. The first-order chi connectivity index (χ1) is 8.16. The lowest BCUT2D eigenvalue weighted by Gasteiger charge is -2.09. The third kappa shape index (κ3) is 3.08. The van der Waals surface area contributed by atoms with Gasteiger partial charge < -0.3 is 5.73 Å². The average molecular weight is 244 g/mol. The van der Waals surface area contributed by atoms with Crippen LogP contribution in [0.15, 0.2) is 52.5 Å². The van der Waals surface area contributed by atoms with Crippen molar-refractivity contribution in [1.82, 2.24) is 4.98 Å². The van der Waals surface area contributed by atoms with E-state index < -0.39 is 0 Å². The molecular formula is C14H16N2S. The molecule has 0 unspecified atom stereocenters. The van der Waals surface area contributed by atoms with Crippen molar-refractivity contribution in [2.75, 3.05) is 0 Å². The minimum atomic E-state index is 0.0389. The summed E-state index contributed by atoms with van der Waals surface area (Å²) in [6.45, 7) is 4.05. The Kier molecular flexibility index (Phi) is 3.82. The second-order valence-corrected chi connectivity index (χ2v) is 5.16. The van der Waals surface area contributed by atoms with Crippen molar-refractivity contribution in [1.29, 1.82) is 0 Å². The summed E-state index contributed by atoms with van der Waals surface area (Å²) in [5, 5.41) is 1.04. The van der Waals surface area contributed by atoms with Crippen molar-refractivity contribution in [3.8, 4) is 0 Å². The van der Waals surface area contributed by atoms with Crippen LogP contribution in [0.5, 0.6) is 0 Å². The summed E-state index contributed by atoms with van der Waals surface area (Å²) in [7, 11) is 0. The van der Waals surface area contributed by atoms with E-state index in [0.29, 0.717) is 0 Å². The Balaban J connectivity index is 2.23. The van der Waals surface area contributed by atoms with Gasteiger partial charge in [0.05, 0.1) is 0 Å². The van der Waals surface area contributed by atoms with Crippen LogP contribution >= 0.6 is 11.8 Å². The molecule has 1 atom stereocenters. The van der Waals surface area contributed by atoms with E-state index in [-0.39, 0.29) is 6.04 Å². The van der Waals surface area contributed by atoms with Crippen LogP contribution in [0, 0.1) is 6.92 Å². The van der Waals surface area contributed by atoms with Gasteiger partial charge in [-0.05, 0) is 37.1 Å². The van der Waals surface area contributed by atoms with Crippen molar-refractivity contribution in [2.24, 2.45) is 5.73 Å². The third-order valence-corrected chi connectivity index (χ3v) is 3.66. The second kappa shape index (κ2) is 5.34. The predicted octanol–water partition coefficient (Wildman–Crippen LogP) is 3.56. The van der Waals surface area contributed by atoms with Crippen LogP contribution in [-0.2, 0) is 0 Å². The topological polar surface area (TPSA) is 38.9 Å². The van der Waals surface area contributed by atoms with Crippen molar-refractivity contribution < 1.29 is 0 Å². The number of aryl methyl sites for hydroxylation is 1. The van der Waals surface area contributed by atoms with Gasteiger partial charge in [0.25, 0.3) is 0 Å². The molecule has 2 nitrogen and oxygen atoms in total. The van der Waals surface area contributed by atoms with Crippen LogP contribution in [0.4, 0.5) is 0 Å². The van der Waals surface area contributed by atoms with Crippen molar-refractivity contribution >= 4 is 11.8 Å². The molecule has 3 heteroatoms. The highest BCUT2D eigenvalue weighted by Gasteiger charge is 2.06. The molecule has 0 amide bonds. The molecule has 0 fully saturated rings. The molecule has 0 bridgehead atoms. The summed E-state index contributed by atoms with van der Waals surface area (Å²) < 4.78 is 0. The van der Waals surface area contributed by atoms with E-state index in [0.717, 1.165) is 10.6 Å². The molecule has 0 saturated carbocycles. The molecule has 0 spiro atoms. The summed E-state index contributed by atoms with van der Waals surface area (Å²) in [5.74, 6) is 0. The summed E-state index contributed by atoms with van der Waals surface area (Å²) in [6, 6.07) is 12.4. The highest BCUT2D eigenvalue weighted by molar-refractivity contribution is 7.99. The van der Waals surface area contributed by atoms with E-state index in [1.165, 1.54) is 10.5 Å². The van der Waals surface area contributed by atoms with Gasteiger partial charge in [-0.3, -0.25) is 0 Å². The monoisotopic (exact) mass is 244 g/mol. The SMILES string of the molecule is Cc1cc([C@H](C)N)cnc1Sc1ccccc1. The number of nitrogens with two attached hydrogens (primary N) is 1. The summed E-state index contributed by atoms with van der Waals surface area (Å²) in [6.07, 6.45) is 1.86. The Labute approximate surface area is 106 Å². The first-order valence-corrected chi connectivity index (χ1v) is 6.43. The van der Waals surface area contributed by atoms with Crippen LogP contribution in [-0.4, -0.2) is 4.98 Å². The largest absolute Gasteiger partial charge is 0.324 e. The molecule has 1 heterocycles. The highest BCUT2D eigenvalue weighted by atomic mass is 32.2. The van der Waals surface area contributed by atoms with Gasteiger partial charge in [-0.2, -0.15) is 0 Å². The van der Waals surface area contributed by atoms with Gasteiger partial charge in [0, 0.05) is 17.1 Å². The lowest BCUT2D eigenvalue weighted by molar-refractivity contribution is 0.802. The number of nitrogens with zero attached hydrogens (tertiary/aromatic N) is 1. The maximum absolute atomic E-state index is 5.84. The molecular weight excluding hydrogens is 228 g/mol. The fraction of sp³-hybridized carbons (Fsp3) is 0.214. The minimum absolute atomic E-state index is 0.0389. The third-order valence-electron chi connectivity index (χ3n) is 2.53. The first kappa shape index (κ1) is 12.1. The molecule has 0 aliphatic rings. The van der Waals surface area contributed by atoms with Crippen molar-refractivity contribution in [3.63, 3.8) is 0 Å². The zero-order chi connectivity index (χ0) is 12.3. The van der Waals surface area contributed by atoms with E-state index in [2.05, 4.69) is 30.1 Å². The highest BCUT2D eigenvalue weighted by Crippen LogP contribution is 2.28. The summed E-state index contributed by atoms with van der Waals surface area (Å²) in [5.41, 5.74) is 8.10. The zero-order valence-corrected chi connectivity index (χ0v) is 10.9. The first-order valence-electron chi connectivity index (χ1n) is 5.62. The number of pyridine rings is 1. The van der Waals surface area contributed by atoms with Gasteiger partial charge in [-0.15, -0.1) is 0 Å². The van der Waals surface area contributed by atoms with E-state index in [1.54, 1.807) is 11.8 Å². The predicted molar refractivity (Wildman–Crippen MR) is 72.1 cm³/mol. The molecule has 17 heavy (non-hydrogen) atoms. The maximum atomic E-state index is 5.84. The second-order valence-electron chi connectivity index (χ2n) is 4.09. The van der Waals surface area contributed by atoms with Crippen LogP contribution in [0.1, 0.15) is 24.1 Å². The van der Waals surface area contributed by atoms with Crippen LogP contribution < -0.4 is 5.73 Å². The Morgan fingerprint density at radius 1 is 1.24 bits per heavy atom. The quantitative estimate of drug-likeness (QED) is 0.897. The van der Waals surface area contributed by atoms with E-state index in [1.807, 2.05) is 31.3 Å². The molecule has 2 N–H and O–H groups in total. The molecule has 1 aromatic heterocycles. The van der Waals surface area contributed by atoms with Crippen molar-refractivity contribution in [2.45, 2.75) is 29.8 Å². The average Bonchev–Trinajstić information content (AvgIpc) is 2.33. The maximum Gasteiger partial charge on any atom is 0.104 e. The molecule has 0 saturated heterocycles. The number of aromatic nitrogens is 1. The lowest BCUT2D eigenvalue weighted by atomic mass is 10.1. The van der Waals surface area contributed by atoms with Gasteiger partial charge in [0.2, 0.25) is 0 Å². The number of hydrogen-bond acceptors (Lipinski definition) is 3. The fourth-order valence-electron chi connectivity index (χ4n) is 1.54. The van der Waals surface area contributed by atoms with Crippen LogP contribution in [0.2, 0.25) is 0 Å². The molecule has 0 aliphatic carbocycles. The fourth-order valence-corrected chi connectivity index (χ4v) is 2.38. The molecule has 88 valence electrons. The number of benzene rings is 1. The Hall–Kier alpha value is -1.32. The molecule has 2 rings (SSSR count). The Bertz CT molecular complexity index is 495. The number of rotatable bonds is 3. The van der Waals surface area contributed by atoms with E-state index >= 15 is 0 Å². The zero-order valence-electron chi connectivity index (χ0n) is 10.1. The van der Waals surface area contributed by atoms with E-state index in [4.69, 9.17) is 5.73 Å². The molecule has 2 aromatic rings. The summed E-state index contributed by atoms with van der Waals surface area (Å²) >= 11 is 1.68. The Morgan fingerprint density at radius 3 is 2.53 bits per heavy atom. The van der Waals surface area contributed by atoms with E-state index in [9.17, 15) is 0 Å². The van der Waals surface area contributed by atoms with Gasteiger partial charge in [0.15, 0.2) is 0 Å². The van der Waals surface area contributed by atoms with Crippen LogP contribution in [0.3, 0.4) is 0 Å². The van der Waals surface area contributed by atoms with Crippen molar-refractivity contribution in [3.05, 3.63) is 53.7 Å². The summed E-state index contributed by atoms with van der Waals surface area (Å²) in [4.78, 5) is 5.68. The number of hydrogen-bond donors (Lipinski definition) is 1. The smallest absolute Gasteiger partial charge is 0.104 e. The van der Waals surface area contributed by atoms with Gasteiger partial charge in [-0.25, -0.2) is 4.98 Å². The van der Waals surface area contributed by atoms with Gasteiger partial charge >= 0.3 is 0 Å². The molecule has 1 aromatic carbocycles. The normalized spacial score (nSPS) is 12.4. The minimum Gasteiger partial charge on any atom is -0.324 e. The molecule has 0 aliphatic heterocycles. The molecule has 0 radical (unpaired) electrons. The van der Waals surface area contributed by atoms with Crippen LogP contribution in [0.25, 0.3) is 0 Å². The van der Waals surface area contributed by atoms with Gasteiger partial charge in [0.1, 0.15) is 5.03 Å². The lowest BCUT2D eigenvalue weighted by Crippen LogP contribution is -2.06. The van der Waals surface area contributed by atoms with Gasteiger partial charge in [-0.1, -0.05) is 36.0 Å². The standard InChI is InChI=1S/C14H16N2S/c1-10-8-12(11(2)15)9-16-14(10)17-13-6-4-3-5-7-13/h3-9,11H,15H2,1-2H3/t11-/m0/s1.